The molecule has 1 saturated heterocycles. The van der Waals surface area contributed by atoms with Gasteiger partial charge in [0.05, 0.1) is 16.6 Å². The lowest BCUT2D eigenvalue weighted by atomic mass is 10.0. The molecule has 0 atom stereocenters. The molecule has 4 rings (SSSR count). The molecule has 1 aliphatic heterocycles. The lowest BCUT2D eigenvalue weighted by molar-refractivity contribution is -0.133. The Morgan fingerprint density at radius 3 is 2.39 bits per heavy atom. The van der Waals surface area contributed by atoms with Crippen LogP contribution in [0, 0.1) is 5.82 Å². The van der Waals surface area contributed by atoms with Gasteiger partial charge in [0.1, 0.15) is 5.82 Å². The van der Waals surface area contributed by atoms with Gasteiger partial charge in [-0.3, -0.25) is 14.4 Å². The molecule has 1 aliphatic rings. The number of carbonyl (C=O) groups excluding carboxylic acids is 2. The van der Waals surface area contributed by atoms with Gasteiger partial charge < -0.3 is 9.80 Å². The van der Waals surface area contributed by atoms with Gasteiger partial charge in [-0.05, 0) is 23.8 Å². The third kappa shape index (κ3) is 4.16. The van der Waals surface area contributed by atoms with Crippen molar-refractivity contribution in [2.24, 2.45) is 0 Å². The van der Waals surface area contributed by atoms with Crippen LogP contribution in [0.5, 0.6) is 0 Å². The standard InChI is InChI=1S/C22H20F2N4O3/c23-13-20(29)27-7-9-28(10-8-27)22(31)17-11-14(5-6-18(17)24)12-19-15-3-1-2-4-16(15)21(30)26-25-19/h1-6,11H,7-10,12-13H2,(H,26,30)/i23-1. The molecule has 1 N–H and O–H groups in total. The predicted molar refractivity (Wildman–Crippen MR) is 110 cm³/mol. The third-order valence-corrected chi connectivity index (χ3v) is 5.44. The average molecular weight is 425 g/mol. The van der Waals surface area contributed by atoms with Crippen molar-refractivity contribution < 1.29 is 18.4 Å². The summed E-state index contributed by atoms with van der Waals surface area (Å²) in [5, 5.41) is 7.79. The fraction of sp³-hybridized carbons (Fsp3) is 0.273. The number of nitrogens with one attached hydrogen (secondary N) is 1. The molecule has 0 radical (unpaired) electrons. The number of aromatic amines is 1. The number of alkyl halides is 1. The number of fused-ring (bicyclic) bond motifs is 1. The van der Waals surface area contributed by atoms with E-state index in [0.717, 1.165) is 0 Å². The number of rotatable bonds is 4. The number of carbonyl (C=O) groups is 2. The molecule has 1 fully saturated rings. The highest BCUT2D eigenvalue weighted by atomic mass is 19.1. The van der Waals surface area contributed by atoms with E-state index in [1.807, 2.05) is 0 Å². The first-order valence-electron chi connectivity index (χ1n) is 9.85. The van der Waals surface area contributed by atoms with Crippen molar-refractivity contribution in [3.63, 3.8) is 0 Å². The van der Waals surface area contributed by atoms with Crippen LogP contribution in [-0.2, 0) is 11.2 Å². The maximum atomic E-state index is 14.5. The molecule has 0 spiro atoms. The Hall–Kier alpha value is -3.62. The molecule has 3 aromatic rings. The lowest BCUT2D eigenvalue weighted by Crippen LogP contribution is -2.51. The molecule has 0 aliphatic carbocycles. The van der Waals surface area contributed by atoms with Gasteiger partial charge in [-0.2, -0.15) is 5.10 Å². The van der Waals surface area contributed by atoms with Gasteiger partial charge in [0.2, 0.25) is 0 Å². The second-order valence-electron chi connectivity index (χ2n) is 7.34. The number of H-pyrrole nitrogens is 1. The molecule has 0 bridgehead atoms. The summed E-state index contributed by atoms with van der Waals surface area (Å²) in [4.78, 5) is 39.1. The summed E-state index contributed by atoms with van der Waals surface area (Å²) in [5.41, 5.74) is 0.912. The van der Waals surface area contributed by atoms with Crippen LogP contribution in [0.2, 0.25) is 0 Å². The van der Waals surface area contributed by atoms with Gasteiger partial charge in [-0.1, -0.05) is 24.3 Å². The molecule has 2 amide bonds. The molecular formula is C22H20F2N4O3. The number of hydrogen-bond acceptors (Lipinski definition) is 4. The topological polar surface area (TPSA) is 86.4 Å². The highest BCUT2D eigenvalue weighted by molar-refractivity contribution is 5.95. The van der Waals surface area contributed by atoms with Crippen molar-refractivity contribution in [1.29, 1.82) is 0 Å². The Bertz CT molecular complexity index is 1200. The lowest BCUT2D eigenvalue weighted by Gasteiger charge is -2.34. The number of piperazine rings is 1. The van der Waals surface area contributed by atoms with Gasteiger partial charge in [-0.25, -0.2) is 13.9 Å². The Labute approximate surface area is 176 Å². The maximum absolute atomic E-state index is 14.5. The average Bonchev–Trinajstić information content (AvgIpc) is 2.81. The van der Waals surface area contributed by atoms with Gasteiger partial charge >= 0.3 is 0 Å². The summed E-state index contributed by atoms with van der Waals surface area (Å²) in [6.07, 6.45) is 0.302. The van der Waals surface area contributed by atoms with Crippen molar-refractivity contribution in [1.82, 2.24) is 20.0 Å². The fourth-order valence-corrected chi connectivity index (χ4v) is 3.76. The van der Waals surface area contributed by atoms with Gasteiger partial charge in [-0.15, -0.1) is 0 Å². The van der Waals surface area contributed by atoms with Crippen molar-refractivity contribution in [2.75, 3.05) is 32.9 Å². The molecule has 31 heavy (non-hydrogen) atoms. The Morgan fingerprint density at radius 2 is 1.68 bits per heavy atom. The minimum Gasteiger partial charge on any atom is -0.337 e. The first-order valence-corrected chi connectivity index (χ1v) is 9.85. The summed E-state index contributed by atoms with van der Waals surface area (Å²) < 4.78 is 27.0. The monoisotopic (exact) mass is 425 g/mol. The first kappa shape index (κ1) is 20.6. The van der Waals surface area contributed by atoms with Crippen LogP contribution in [0.3, 0.4) is 0 Å². The summed E-state index contributed by atoms with van der Waals surface area (Å²) in [6.45, 7) is -0.231. The first-order chi connectivity index (χ1) is 15.0. The Morgan fingerprint density at radius 1 is 1.00 bits per heavy atom. The van der Waals surface area contributed by atoms with E-state index in [1.54, 1.807) is 30.3 Å². The van der Waals surface area contributed by atoms with Gasteiger partial charge in [0.25, 0.3) is 17.4 Å². The molecule has 7 nitrogen and oxygen atoms in total. The van der Waals surface area contributed by atoms with Crippen LogP contribution in [0.4, 0.5) is 8.78 Å². The van der Waals surface area contributed by atoms with Crippen molar-refractivity contribution in [3.8, 4) is 0 Å². The van der Waals surface area contributed by atoms with Crippen LogP contribution in [0.25, 0.3) is 10.8 Å². The molecule has 2 aromatic carbocycles. The Kier molecular flexibility index (Phi) is 5.75. The number of halogens is 2. The van der Waals surface area contributed by atoms with Crippen LogP contribution in [0.15, 0.2) is 47.3 Å². The van der Waals surface area contributed by atoms with E-state index in [-0.39, 0.29) is 37.3 Å². The van der Waals surface area contributed by atoms with Crippen LogP contribution in [0.1, 0.15) is 21.6 Å². The normalized spacial score (nSPS) is 14.1. The molecular weight excluding hydrogens is 405 g/mol. The zero-order chi connectivity index (χ0) is 22.0. The van der Waals surface area contributed by atoms with Crippen molar-refractivity contribution in [3.05, 3.63) is 75.5 Å². The van der Waals surface area contributed by atoms with Gasteiger partial charge in [0.15, 0.2) is 6.67 Å². The third-order valence-electron chi connectivity index (χ3n) is 5.44. The summed E-state index contributed by atoms with van der Waals surface area (Å²) >= 11 is 0. The molecule has 9 heteroatoms. The zero-order valence-corrected chi connectivity index (χ0v) is 16.6. The van der Waals surface area contributed by atoms with E-state index in [9.17, 15) is 23.2 Å². The zero-order valence-electron chi connectivity index (χ0n) is 16.6. The largest absolute Gasteiger partial charge is 0.337 e. The quantitative estimate of drug-likeness (QED) is 0.692. The number of hydrogen-bond donors (Lipinski definition) is 1. The van der Waals surface area contributed by atoms with E-state index in [1.165, 1.54) is 21.9 Å². The van der Waals surface area contributed by atoms with E-state index in [0.29, 0.717) is 28.5 Å². The molecule has 0 unspecified atom stereocenters. The molecule has 0 saturated carbocycles. The number of nitrogens with zero attached hydrogens (tertiary/aromatic N) is 3. The predicted octanol–water partition coefficient (Wildman–Crippen LogP) is 1.91. The second kappa shape index (κ2) is 8.63. The molecule has 160 valence electrons. The molecule has 2 heterocycles. The number of amides is 2. The van der Waals surface area contributed by atoms with Crippen molar-refractivity contribution in [2.45, 2.75) is 6.42 Å². The van der Waals surface area contributed by atoms with E-state index >= 15 is 0 Å². The van der Waals surface area contributed by atoms with E-state index in [4.69, 9.17) is 0 Å². The minimum absolute atomic E-state index is 0.0727. The van der Waals surface area contributed by atoms with Gasteiger partial charge in [0, 0.05) is 38.0 Å². The smallest absolute Gasteiger partial charge is 0.272 e. The highest BCUT2D eigenvalue weighted by Crippen LogP contribution is 2.20. The fourth-order valence-electron chi connectivity index (χ4n) is 3.76. The second-order valence-corrected chi connectivity index (χ2v) is 7.34. The van der Waals surface area contributed by atoms with Crippen molar-refractivity contribution >= 4 is 22.6 Å². The number of aromatic nitrogens is 2. The summed E-state index contributed by atoms with van der Waals surface area (Å²) in [6, 6.07) is 11.4. The molecule has 1 aromatic heterocycles. The highest BCUT2D eigenvalue weighted by Gasteiger charge is 2.26. The van der Waals surface area contributed by atoms with Crippen LogP contribution < -0.4 is 5.56 Å². The Balaban J connectivity index is 1.56. The SMILES string of the molecule is O=C(C[18F])N1CCN(C(=O)c2cc(Cc3n[nH]c(=O)c4ccccc34)ccc2F)CC1. The van der Waals surface area contributed by atoms with Crippen LogP contribution in [-0.4, -0.2) is 64.7 Å². The maximum Gasteiger partial charge on any atom is 0.272 e. The van der Waals surface area contributed by atoms with E-state index in [2.05, 4.69) is 10.2 Å². The summed E-state index contributed by atoms with van der Waals surface area (Å²) in [7, 11) is 0. The van der Waals surface area contributed by atoms with Crippen LogP contribution >= 0.6 is 0 Å². The van der Waals surface area contributed by atoms with E-state index < -0.39 is 24.3 Å². The minimum atomic E-state index is -1.07. The summed E-state index contributed by atoms with van der Waals surface area (Å²) in [5.74, 6) is -1.73. The number of benzene rings is 2.